The third-order valence-electron chi connectivity index (χ3n) is 4.91. The molecule has 2 aromatic heterocycles. The molecule has 1 saturated heterocycles. The number of halogens is 4. The Kier molecular flexibility index (Phi) is 6.96. The summed E-state index contributed by atoms with van der Waals surface area (Å²) in [6.07, 6.45) is -2.20. The van der Waals surface area contributed by atoms with Gasteiger partial charge in [-0.3, -0.25) is 4.90 Å². The van der Waals surface area contributed by atoms with Gasteiger partial charge in [0.15, 0.2) is 0 Å². The first kappa shape index (κ1) is 23.9. The largest absolute Gasteiger partial charge is 0.417 e. The molecule has 31 heavy (non-hydrogen) atoms. The maximum Gasteiger partial charge on any atom is 0.417 e. The van der Waals surface area contributed by atoms with Gasteiger partial charge in [0.1, 0.15) is 10.5 Å². The molecule has 0 atom stereocenters. The lowest BCUT2D eigenvalue weighted by Crippen LogP contribution is -2.47. The van der Waals surface area contributed by atoms with Gasteiger partial charge >= 0.3 is 6.18 Å². The Morgan fingerprint density at radius 1 is 1.19 bits per heavy atom. The lowest BCUT2D eigenvalue weighted by Gasteiger charge is -2.36. The van der Waals surface area contributed by atoms with Gasteiger partial charge in [-0.15, -0.1) is 0 Å². The second-order valence-corrected chi connectivity index (χ2v) is 10.2. The molecule has 0 aromatic carbocycles. The van der Waals surface area contributed by atoms with Crippen LogP contribution in [0.25, 0.3) is 0 Å². The Hall–Kier alpha value is -1.73. The fraction of sp³-hybridized carbons (Fsp3) is 0.444. The molecular formula is C18H21ClF3N5O2S2. The second kappa shape index (κ2) is 9.02. The van der Waals surface area contributed by atoms with E-state index < -0.39 is 21.8 Å². The average Bonchev–Trinajstić information content (AvgIpc) is 2.69. The number of aromatic nitrogens is 2. The van der Waals surface area contributed by atoms with E-state index in [1.165, 1.54) is 26.4 Å². The Morgan fingerprint density at radius 3 is 2.39 bits per heavy atom. The van der Waals surface area contributed by atoms with Crippen LogP contribution in [0.3, 0.4) is 0 Å². The number of nitrogens with zero attached hydrogens (tertiary/aromatic N) is 5. The molecule has 0 unspecified atom stereocenters. The third kappa shape index (κ3) is 5.37. The van der Waals surface area contributed by atoms with Crippen molar-refractivity contribution in [2.24, 2.45) is 0 Å². The van der Waals surface area contributed by atoms with Crippen molar-refractivity contribution >= 4 is 39.7 Å². The molecule has 3 rings (SSSR count). The van der Waals surface area contributed by atoms with Crippen molar-refractivity contribution in [2.45, 2.75) is 17.7 Å². The fourth-order valence-electron chi connectivity index (χ4n) is 3.12. The zero-order valence-electron chi connectivity index (χ0n) is 16.8. The molecule has 0 N–H and O–H groups in total. The quantitative estimate of drug-likeness (QED) is 0.593. The van der Waals surface area contributed by atoms with Crippen LogP contribution in [0.1, 0.15) is 5.56 Å². The first-order valence-corrected chi connectivity index (χ1v) is 11.5. The van der Waals surface area contributed by atoms with E-state index in [9.17, 15) is 21.6 Å². The molecule has 0 aliphatic carbocycles. The zero-order valence-corrected chi connectivity index (χ0v) is 19.2. The van der Waals surface area contributed by atoms with Crippen molar-refractivity contribution in [3.8, 4) is 0 Å². The van der Waals surface area contributed by atoms with Crippen LogP contribution in [-0.4, -0.2) is 67.4 Å². The van der Waals surface area contributed by atoms with Gasteiger partial charge in [-0.25, -0.2) is 17.7 Å². The van der Waals surface area contributed by atoms with E-state index in [4.69, 9.17) is 23.8 Å². The van der Waals surface area contributed by atoms with E-state index in [0.717, 1.165) is 16.6 Å². The molecule has 0 spiro atoms. The molecule has 7 nitrogen and oxygen atoms in total. The molecule has 0 radical (unpaired) electrons. The molecule has 1 fully saturated rings. The molecular weight excluding hydrogens is 475 g/mol. The Morgan fingerprint density at radius 2 is 1.84 bits per heavy atom. The highest BCUT2D eigenvalue weighted by atomic mass is 35.5. The van der Waals surface area contributed by atoms with Crippen LogP contribution in [0.5, 0.6) is 0 Å². The fourth-order valence-corrected chi connectivity index (χ4v) is 4.50. The summed E-state index contributed by atoms with van der Waals surface area (Å²) in [5.74, 6) is 0.310. The molecule has 13 heteroatoms. The lowest BCUT2D eigenvalue weighted by atomic mass is 10.2. The first-order chi connectivity index (χ1) is 14.4. The molecule has 0 bridgehead atoms. The van der Waals surface area contributed by atoms with Crippen LogP contribution >= 0.6 is 23.8 Å². The van der Waals surface area contributed by atoms with Crippen molar-refractivity contribution < 1.29 is 21.6 Å². The summed E-state index contributed by atoms with van der Waals surface area (Å²) in [5.41, 5.74) is -0.887. The zero-order chi connectivity index (χ0) is 23.0. The molecule has 2 aromatic rings. The molecule has 1 aliphatic rings. The highest BCUT2D eigenvalue weighted by Gasteiger charge is 2.32. The van der Waals surface area contributed by atoms with Gasteiger partial charge in [0.2, 0.25) is 10.0 Å². The minimum atomic E-state index is -4.50. The summed E-state index contributed by atoms with van der Waals surface area (Å²) in [6, 6.07) is 3.94. The van der Waals surface area contributed by atoms with E-state index in [-0.39, 0.29) is 9.92 Å². The van der Waals surface area contributed by atoms with Crippen LogP contribution in [0, 0.1) is 4.64 Å². The standard InChI is InChI=1S/C18H21ClF3N5O2S2/c1-24(2)31(28,29)14-3-4-16(30)27(11-14)12-25-5-7-26(8-6-25)17-15(19)9-13(10-23-17)18(20,21)22/h3-4,9-11H,5-8,12H2,1-2H3. The van der Waals surface area contributed by atoms with Crippen LogP contribution in [0.2, 0.25) is 5.02 Å². The van der Waals surface area contributed by atoms with E-state index in [2.05, 4.69) is 9.88 Å². The third-order valence-corrected chi connectivity index (χ3v) is 7.36. The van der Waals surface area contributed by atoms with Gasteiger partial charge in [-0.2, -0.15) is 13.2 Å². The van der Waals surface area contributed by atoms with Crippen molar-refractivity contribution in [1.29, 1.82) is 0 Å². The van der Waals surface area contributed by atoms with Crippen LogP contribution in [-0.2, 0) is 22.9 Å². The van der Waals surface area contributed by atoms with Crippen molar-refractivity contribution in [3.63, 3.8) is 0 Å². The van der Waals surface area contributed by atoms with Crippen molar-refractivity contribution in [3.05, 3.63) is 45.8 Å². The van der Waals surface area contributed by atoms with E-state index in [1.807, 2.05) is 4.90 Å². The molecule has 0 saturated carbocycles. The monoisotopic (exact) mass is 495 g/mol. The number of rotatable bonds is 5. The minimum Gasteiger partial charge on any atom is -0.353 e. The topological polar surface area (TPSA) is 61.7 Å². The Bertz CT molecular complexity index is 1110. The van der Waals surface area contributed by atoms with Crippen LogP contribution in [0.4, 0.5) is 19.0 Å². The molecule has 1 aliphatic heterocycles. The number of alkyl halides is 3. The van der Waals surface area contributed by atoms with E-state index in [1.54, 1.807) is 10.6 Å². The summed E-state index contributed by atoms with van der Waals surface area (Å²) < 4.78 is 66.5. The number of anilines is 1. The number of hydrogen-bond acceptors (Lipinski definition) is 6. The van der Waals surface area contributed by atoms with Gasteiger partial charge < -0.3 is 9.47 Å². The van der Waals surface area contributed by atoms with Gasteiger partial charge in [0.05, 0.1) is 22.2 Å². The van der Waals surface area contributed by atoms with Gasteiger partial charge in [-0.05, 0) is 18.2 Å². The first-order valence-electron chi connectivity index (χ1n) is 9.22. The van der Waals surface area contributed by atoms with Gasteiger partial charge in [0, 0.05) is 52.7 Å². The van der Waals surface area contributed by atoms with E-state index in [0.29, 0.717) is 43.3 Å². The summed E-state index contributed by atoms with van der Waals surface area (Å²) in [7, 11) is -0.666. The lowest BCUT2D eigenvalue weighted by molar-refractivity contribution is -0.137. The SMILES string of the molecule is CN(C)S(=O)(=O)c1ccc(=S)n(CN2CCN(c3ncc(C(F)(F)F)cc3Cl)CC2)c1. The Labute approximate surface area is 188 Å². The van der Waals surface area contributed by atoms with E-state index >= 15 is 0 Å². The maximum atomic E-state index is 12.8. The normalized spacial score (nSPS) is 16.2. The Balaban J connectivity index is 1.69. The van der Waals surface area contributed by atoms with Gasteiger partial charge in [0.25, 0.3) is 0 Å². The highest BCUT2D eigenvalue weighted by molar-refractivity contribution is 7.89. The van der Waals surface area contributed by atoms with Gasteiger partial charge in [-0.1, -0.05) is 23.8 Å². The van der Waals surface area contributed by atoms with Crippen LogP contribution in [0.15, 0.2) is 35.5 Å². The summed E-state index contributed by atoms with van der Waals surface area (Å²) in [5, 5.41) is -0.0490. The number of sulfonamides is 1. The second-order valence-electron chi connectivity index (χ2n) is 7.23. The van der Waals surface area contributed by atoms with Crippen molar-refractivity contribution in [2.75, 3.05) is 45.2 Å². The maximum absolute atomic E-state index is 12.8. The molecule has 3 heterocycles. The highest BCUT2D eigenvalue weighted by Crippen LogP contribution is 2.33. The molecule has 170 valence electrons. The number of piperazine rings is 1. The average molecular weight is 496 g/mol. The summed E-state index contributed by atoms with van der Waals surface area (Å²) >= 11 is 11.4. The predicted octanol–water partition coefficient (Wildman–Crippen LogP) is 3.31. The summed E-state index contributed by atoms with van der Waals surface area (Å²) in [4.78, 5) is 7.94. The summed E-state index contributed by atoms with van der Waals surface area (Å²) in [6.45, 7) is 2.54. The number of hydrogen-bond donors (Lipinski definition) is 0. The van der Waals surface area contributed by atoms with Crippen molar-refractivity contribution in [1.82, 2.24) is 18.8 Å². The number of pyridine rings is 2. The molecule has 0 amide bonds. The predicted molar refractivity (Wildman–Crippen MR) is 114 cm³/mol. The minimum absolute atomic E-state index is 0.0490. The smallest absolute Gasteiger partial charge is 0.353 e. The van der Waals surface area contributed by atoms with Crippen LogP contribution < -0.4 is 4.90 Å².